The molecule has 4 nitrogen and oxygen atoms in total. The van der Waals surface area contributed by atoms with E-state index in [0.717, 1.165) is 0 Å². The fourth-order valence-corrected chi connectivity index (χ4v) is 1.97. The van der Waals surface area contributed by atoms with Crippen molar-refractivity contribution in [2.75, 3.05) is 12.8 Å². The largest absolute Gasteiger partial charge is 0.456 e. The number of amides is 1. The first-order valence-corrected chi connectivity index (χ1v) is 6.55. The summed E-state index contributed by atoms with van der Waals surface area (Å²) in [5.41, 5.74) is 6.51. The molecule has 0 spiro atoms. The minimum absolute atomic E-state index is 0.278. The number of nitrogens with two attached hydrogens (primary N) is 1. The maximum Gasteiger partial charge on any atom is 0.254 e. The van der Waals surface area contributed by atoms with Crippen LogP contribution in [0, 0.1) is 5.82 Å². The summed E-state index contributed by atoms with van der Waals surface area (Å²) in [6.07, 6.45) is 0. The number of nitrogens with one attached hydrogen (secondary N) is 1. The van der Waals surface area contributed by atoms with E-state index >= 15 is 0 Å². The van der Waals surface area contributed by atoms with E-state index in [1.54, 1.807) is 18.2 Å². The van der Waals surface area contributed by atoms with Gasteiger partial charge in [0.15, 0.2) is 0 Å². The summed E-state index contributed by atoms with van der Waals surface area (Å²) in [5, 5.41) is 2.52. The smallest absolute Gasteiger partial charge is 0.254 e. The Morgan fingerprint density at radius 3 is 2.70 bits per heavy atom. The lowest BCUT2D eigenvalue weighted by Gasteiger charge is -2.11. The molecule has 2 rings (SSSR count). The van der Waals surface area contributed by atoms with E-state index in [0.29, 0.717) is 22.7 Å². The minimum Gasteiger partial charge on any atom is -0.456 e. The first-order valence-electron chi connectivity index (χ1n) is 5.76. The highest BCUT2D eigenvalue weighted by Gasteiger charge is 2.13. The van der Waals surface area contributed by atoms with Gasteiger partial charge in [0.2, 0.25) is 0 Å². The number of anilines is 1. The molecular formula is C14H12BrFN2O2. The number of nitrogen functional groups attached to an aromatic ring is 1. The Kier molecular flexibility index (Phi) is 4.24. The molecule has 6 heteroatoms. The highest BCUT2D eigenvalue weighted by molar-refractivity contribution is 9.10. The SMILES string of the molecule is CNC(=O)c1ccc(N)cc1Oc1ccc(F)c(Br)c1. The van der Waals surface area contributed by atoms with Crippen LogP contribution in [0.4, 0.5) is 10.1 Å². The van der Waals surface area contributed by atoms with Crippen LogP contribution in [-0.4, -0.2) is 13.0 Å². The van der Waals surface area contributed by atoms with Crippen LogP contribution < -0.4 is 15.8 Å². The van der Waals surface area contributed by atoms with Crippen molar-refractivity contribution in [3.8, 4) is 11.5 Å². The normalized spacial score (nSPS) is 10.2. The summed E-state index contributed by atoms with van der Waals surface area (Å²) < 4.78 is 19.1. The molecule has 0 fully saturated rings. The van der Waals surface area contributed by atoms with E-state index in [4.69, 9.17) is 10.5 Å². The lowest BCUT2D eigenvalue weighted by atomic mass is 10.1. The van der Waals surface area contributed by atoms with Gasteiger partial charge < -0.3 is 15.8 Å². The van der Waals surface area contributed by atoms with Gasteiger partial charge in [0.25, 0.3) is 5.91 Å². The van der Waals surface area contributed by atoms with Gasteiger partial charge in [-0.2, -0.15) is 0 Å². The molecule has 0 saturated heterocycles. The zero-order valence-electron chi connectivity index (χ0n) is 10.6. The molecule has 20 heavy (non-hydrogen) atoms. The third kappa shape index (κ3) is 3.08. The topological polar surface area (TPSA) is 64.4 Å². The van der Waals surface area contributed by atoms with E-state index in [2.05, 4.69) is 21.2 Å². The molecule has 2 aromatic rings. The molecular weight excluding hydrogens is 327 g/mol. The molecule has 0 bridgehead atoms. The predicted molar refractivity (Wildman–Crippen MR) is 78.4 cm³/mol. The van der Waals surface area contributed by atoms with E-state index in [-0.39, 0.29) is 10.4 Å². The van der Waals surface area contributed by atoms with Crippen LogP contribution >= 0.6 is 15.9 Å². The number of carbonyl (C=O) groups excluding carboxylic acids is 1. The Hall–Kier alpha value is -2.08. The summed E-state index contributed by atoms with van der Waals surface area (Å²) in [6.45, 7) is 0. The van der Waals surface area contributed by atoms with Crippen molar-refractivity contribution in [3.05, 3.63) is 52.3 Å². The highest BCUT2D eigenvalue weighted by Crippen LogP contribution is 2.30. The summed E-state index contributed by atoms with van der Waals surface area (Å²) in [4.78, 5) is 11.8. The van der Waals surface area contributed by atoms with Gasteiger partial charge in [-0.25, -0.2) is 4.39 Å². The number of benzene rings is 2. The van der Waals surface area contributed by atoms with Gasteiger partial charge in [-0.15, -0.1) is 0 Å². The second-order valence-corrected chi connectivity index (χ2v) is 4.87. The van der Waals surface area contributed by atoms with Gasteiger partial charge in [-0.05, 0) is 46.3 Å². The zero-order chi connectivity index (χ0) is 14.7. The predicted octanol–water partition coefficient (Wildman–Crippen LogP) is 3.32. The number of halogens is 2. The first-order chi connectivity index (χ1) is 9.51. The molecule has 0 heterocycles. The number of rotatable bonds is 3. The van der Waals surface area contributed by atoms with Crippen molar-refractivity contribution >= 4 is 27.5 Å². The molecule has 1 amide bonds. The quantitative estimate of drug-likeness (QED) is 0.843. The third-order valence-electron chi connectivity index (χ3n) is 2.60. The Balaban J connectivity index is 2.38. The van der Waals surface area contributed by atoms with Gasteiger partial charge in [0.1, 0.15) is 17.3 Å². The Labute approximate surface area is 123 Å². The van der Waals surface area contributed by atoms with Crippen LogP contribution in [0.1, 0.15) is 10.4 Å². The second-order valence-electron chi connectivity index (χ2n) is 4.01. The molecule has 0 aliphatic heterocycles. The van der Waals surface area contributed by atoms with Gasteiger partial charge in [-0.1, -0.05) is 0 Å². The summed E-state index contributed by atoms with van der Waals surface area (Å²) in [7, 11) is 1.52. The van der Waals surface area contributed by atoms with Crippen molar-refractivity contribution in [1.82, 2.24) is 5.32 Å². The molecule has 104 valence electrons. The third-order valence-corrected chi connectivity index (χ3v) is 3.20. The monoisotopic (exact) mass is 338 g/mol. The van der Waals surface area contributed by atoms with Crippen molar-refractivity contribution in [1.29, 1.82) is 0 Å². The molecule has 0 radical (unpaired) electrons. The van der Waals surface area contributed by atoms with Gasteiger partial charge >= 0.3 is 0 Å². The van der Waals surface area contributed by atoms with Crippen LogP contribution in [0.3, 0.4) is 0 Å². The van der Waals surface area contributed by atoms with Crippen LogP contribution in [-0.2, 0) is 0 Å². The van der Waals surface area contributed by atoms with Crippen molar-refractivity contribution in [2.45, 2.75) is 0 Å². The number of hydrogen-bond donors (Lipinski definition) is 2. The summed E-state index contributed by atoms with van der Waals surface area (Å²) >= 11 is 3.08. The molecule has 2 aromatic carbocycles. The first kappa shape index (κ1) is 14.3. The molecule has 0 saturated carbocycles. The maximum absolute atomic E-state index is 13.2. The number of carbonyl (C=O) groups is 1. The Morgan fingerprint density at radius 2 is 2.05 bits per heavy atom. The lowest BCUT2D eigenvalue weighted by molar-refractivity contribution is 0.0961. The number of hydrogen-bond acceptors (Lipinski definition) is 3. The average Bonchev–Trinajstić information content (AvgIpc) is 2.42. The van der Waals surface area contributed by atoms with Gasteiger partial charge in [0, 0.05) is 18.8 Å². The molecule has 0 aliphatic carbocycles. The van der Waals surface area contributed by atoms with Gasteiger partial charge in [-0.3, -0.25) is 4.79 Å². The minimum atomic E-state index is -0.392. The van der Waals surface area contributed by atoms with Gasteiger partial charge in [0.05, 0.1) is 10.0 Å². The summed E-state index contributed by atoms with van der Waals surface area (Å²) in [5.74, 6) is 0.0227. The maximum atomic E-state index is 13.2. The van der Waals surface area contributed by atoms with E-state index in [9.17, 15) is 9.18 Å². The molecule has 0 aliphatic rings. The van der Waals surface area contributed by atoms with E-state index in [1.165, 1.54) is 25.2 Å². The van der Waals surface area contributed by atoms with Crippen LogP contribution in [0.2, 0.25) is 0 Å². The fraction of sp³-hybridized carbons (Fsp3) is 0.0714. The Morgan fingerprint density at radius 1 is 1.30 bits per heavy atom. The highest BCUT2D eigenvalue weighted by atomic mass is 79.9. The lowest BCUT2D eigenvalue weighted by Crippen LogP contribution is -2.18. The molecule has 3 N–H and O–H groups in total. The second kappa shape index (κ2) is 5.92. The average molecular weight is 339 g/mol. The molecule has 0 aromatic heterocycles. The van der Waals surface area contributed by atoms with Crippen LogP contribution in [0.5, 0.6) is 11.5 Å². The standard InChI is InChI=1S/C14H12BrFN2O2/c1-18-14(19)10-4-2-8(17)6-13(10)20-9-3-5-12(16)11(15)7-9/h2-7H,17H2,1H3,(H,18,19). The van der Waals surface area contributed by atoms with E-state index in [1.807, 2.05) is 0 Å². The fourth-order valence-electron chi connectivity index (χ4n) is 1.61. The van der Waals surface area contributed by atoms with Crippen LogP contribution in [0.25, 0.3) is 0 Å². The summed E-state index contributed by atoms with van der Waals surface area (Å²) in [6, 6.07) is 8.94. The zero-order valence-corrected chi connectivity index (χ0v) is 12.2. The van der Waals surface area contributed by atoms with Crippen molar-refractivity contribution in [3.63, 3.8) is 0 Å². The molecule has 0 unspecified atom stereocenters. The van der Waals surface area contributed by atoms with Crippen molar-refractivity contribution < 1.29 is 13.9 Å². The Bertz CT molecular complexity index is 662. The van der Waals surface area contributed by atoms with Crippen LogP contribution in [0.15, 0.2) is 40.9 Å². The molecule has 0 atom stereocenters. The number of ether oxygens (including phenoxy) is 1. The van der Waals surface area contributed by atoms with E-state index < -0.39 is 5.82 Å². The van der Waals surface area contributed by atoms with Crippen molar-refractivity contribution in [2.24, 2.45) is 0 Å².